The van der Waals surface area contributed by atoms with E-state index in [1.165, 1.54) is 11.0 Å². The van der Waals surface area contributed by atoms with Crippen LogP contribution in [0, 0.1) is 5.92 Å². The fraction of sp³-hybridized carbons (Fsp3) is 0.400. The zero-order chi connectivity index (χ0) is 14.7. The maximum atomic E-state index is 12.0. The number of carbonyl (C=O) groups excluding carboxylic acids is 1. The van der Waals surface area contributed by atoms with Crippen LogP contribution < -0.4 is 5.32 Å². The smallest absolute Gasteiger partial charge is 0.273 e. The molecule has 6 heteroatoms. The molecule has 6 nitrogen and oxygen atoms in total. The molecule has 1 fully saturated rings. The lowest BCUT2D eigenvalue weighted by atomic mass is 10.1. The van der Waals surface area contributed by atoms with Gasteiger partial charge in [0.25, 0.3) is 5.91 Å². The van der Waals surface area contributed by atoms with E-state index in [1.807, 2.05) is 30.3 Å². The van der Waals surface area contributed by atoms with Gasteiger partial charge >= 0.3 is 0 Å². The van der Waals surface area contributed by atoms with Crippen LogP contribution in [0.3, 0.4) is 0 Å². The molecule has 110 valence electrons. The summed E-state index contributed by atoms with van der Waals surface area (Å²) < 4.78 is 0. The van der Waals surface area contributed by atoms with E-state index in [-0.39, 0.29) is 12.0 Å². The highest BCUT2D eigenvalue weighted by molar-refractivity contribution is 5.91. The van der Waals surface area contributed by atoms with E-state index in [0.717, 1.165) is 24.9 Å². The molecule has 0 saturated heterocycles. The number of amides is 1. The number of hydrogen-bond donors (Lipinski definition) is 2. The lowest BCUT2D eigenvalue weighted by Gasteiger charge is -2.09. The predicted octanol–water partition coefficient (Wildman–Crippen LogP) is 1.16. The average molecular weight is 286 g/mol. The Balaban J connectivity index is 1.59. The van der Waals surface area contributed by atoms with Gasteiger partial charge in [0.2, 0.25) is 0 Å². The number of aromatic nitrogens is 3. The molecule has 1 aromatic carbocycles. The maximum absolute atomic E-state index is 12.0. The first-order chi connectivity index (χ1) is 10.2. The van der Waals surface area contributed by atoms with Gasteiger partial charge < -0.3 is 10.4 Å². The lowest BCUT2D eigenvalue weighted by molar-refractivity contribution is 0.0939. The minimum absolute atomic E-state index is 0.217. The highest BCUT2D eigenvalue weighted by atomic mass is 16.3. The summed E-state index contributed by atoms with van der Waals surface area (Å²) in [6, 6.07) is 9.45. The van der Waals surface area contributed by atoms with Gasteiger partial charge in [-0.25, -0.2) is 0 Å². The van der Waals surface area contributed by atoms with Crippen LogP contribution in [-0.2, 0) is 0 Å². The first-order valence-corrected chi connectivity index (χ1v) is 7.16. The van der Waals surface area contributed by atoms with Gasteiger partial charge in [0.05, 0.1) is 18.0 Å². The molecule has 1 aromatic heterocycles. The SMILES string of the molecule is O=C(NCC1CCC(O)C1)c1cnn(-c2ccccc2)n1. The molecule has 1 saturated carbocycles. The second kappa shape index (κ2) is 6.05. The number of nitrogens with one attached hydrogen (secondary N) is 1. The van der Waals surface area contributed by atoms with Gasteiger partial charge in [0, 0.05) is 6.54 Å². The maximum Gasteiger partial charge on any atom is 0.273 e. The molecule has 1 aliphatic rings. The minimum Gasteiger partial charge on any atom is -0.393 e. The van der Waals surface area contributed by atoms with Crippen molar-refractivity contribution in [1.29, 1.82) is 0 Å². The number of aliphatic hydroxyl groups is 1. The fourth-order valence-electron chi connectivity index (χ4n) is 2.61. The van der Waals surface area contributed by atoms with Crippen molar-refractivity contribution in [3.8, 4) is 5.69 Å². The average Bonchev–Trinajstić information content (AvgIpc) is 3.15. The topological polar surface area (TPSA) is 80.0 Å². The van der Waals surface area contributed by atoms with Gasteiger partial charge in [0.1, 0.15) is 0 Å². The summed E-state index contributed by atoms with van der Waals surface area (Å²) in [4.78, 5) is 13.5. The molecule has 0 aliphatic heterocycles. The van der Waals surface area contributed by atoms with Crippen LogP contribution in [0.1, 0.15) is 29.8 Å². The molecule has 1 aliphatic carbocycles. The summed E-state index contributed by atoms with van der Waals surface area (Å²) in [5, 5.41) is 20.6. The Morgan fingerprint density at radius 2 is 2.14 bits per heavy atom. The summed E-state index contributed by atoms with van der Waals surface area (Å²) in [5.41, 5.74) is 1.12. The molecule has 2 atom stereocenters. The van der Waals surface area contributed by atoms with Crippen molar-refractivity contribution in [1.82, 2.24) is 20.3 Å². The third kappa shape index (κ3) is 3.28. The van der Waals surface area contributed by atoms with Crippen LogP contribution in [0.2, 0.25) is 0 Å². The van der Waals surface area contributed by atoms with E-state index in [2.05, 4.69) is 15.5 Å². The molecule has 0 radical (unpaired) electrons. The van der Waals surface area contributed by atoms with E-state index in [4.69, 9.17) is 0 Å². The summed E-state index contributed by atoms with van der Waals surface area (Å²) in [5.74, 6) is 0.131. The van der Waals surface area contributed by atoms with Crippen molar-refractivity contribution >= 4 is 5.91 Å². The second-order valence-corrected chi connectivity index (χ2v) is 5.40. The van der Waals surface area contributed by atoms with E-state index >= 15 is 0 Å². The van der Waals surface area contributed by atoms with Crippen LogP contribution in [0.25, 0.3) is 5.69 Å². The van der Waals surface area contributed by atoms with Gasteiger partial charge in [-0.15, -0.1) is 5.10 Å². The molecule has 0 bridgehead atoms. The van der Waals surface area contributed by atoms with E-state index in [1.54, 1.807) is 0 Å². The highest BCUT2D eigenvalue weighted by Crippen LogP contribution is 2.24. The van der Waals surface area contributed by atoms with Crippen molar-refractivity contribution in [3.05, 3.63) is 42.2 Å². The Hall–Kier alpha value is -2.21. The van der Waals surface area contributed by atoms with Crippen LogP contribution in [0.5, 0.6) is 0 Å². The molecule has 3 rings (SSSR count). The van der Waals surface area contributed by atoms with Gasteiger partial charge in [-0.2, -0.15) is 9.90 Å². The normalized spacial score (nSPS) is 21.4. The Morgan fingerprint density at radius 1 is 1.33 bits per heavy atom. The molecular formula is C15H18N4O2. The number of benzene rings is 1. The zero-order valence-corrected chi connectivity index (χ0v) is 11.6. The quantitative estimate of drug-likeness (QED) is 0.884. The number of carbonyl (C=O) groups is 1. The summed E-state index contributed by atoms with van der Waals surface area (Å²) in [6.45, 7) is 0.577. The third-order valence-electron chi connectivity index (χ3n) is 3.78. The Bertz CT molecular complexity index is 611. The Morgan fingerprint density at radius 3 is 2.86 bits per heavy atom. The predicted molar refractivity (Wildman–Crippen MR) is 77.0 cm³/mol. The van der Waals surface area contributed by atoms with E-state index < -0.39 is 0 Å². The molecule has 1 heterocycles. The molecule has 2 unspecified atom stereocenters. The first kappa shape index (κ1) is 13.8. The van der Waals surface area contributed by atoms with Crippen LogP contribution in [-0.4, -0.2) is 38.7 Å². The number of rotatable bonds is 4. The van der Waals surface area contributed by atoms with E-state index in [0.29, 0.717) is 18.2 Å². The number of hydrogen-bond acceptors (Lipinski definition) is 4. The Kier molecular flexibility index (Phi) is 3.96. The van der Waals surface area contributed by atoms with Crippen molar-refractivity contribution in [2.75, 3.05) is 6.54 Å². The van der Waals surface area contributed by atoms with Gasteiger partial charge in [-0.1, -0.05) is 18.2 Å². The molecule has 2 N–H and O–H groups in total. The number of aliphatic hydroxyl groups excluding tert-OH is 1. The Labute approximate surface area is 122 Å². The lowest BCUT2D eigenvalue weighted by Crippen LogP contribution is -2.29. The standard InChI is InChI=1S/C15H18N4O2/c20-13-7-6-11(8-13)9-16-15(21)14-10-17-19(18-14)12-4-2-1-3-5-12/h1-5,10-11,13,20H,6-9H2,(H,16,21). The highest BCUT2D eigenvalue weighted by Gasteiger charge is 2.23. The van der Waals surface area contributed by atoms with Crippen molar-refractivity contribution in [3.63, 3.8) is 0 Å². The first-order valence-electron chi connectivity index (χ1n) is 7.16. The summed E-state index contributed by atoms with van der Waals surface area (Å²) in [6.07, 6.45) is 3.79. The zero-order valence-electron chi connectivity index (χ0n) is 11.6. The van der Waals surface area contributed by atoms with Gasteiger partial charge in [0.15, 0.2) is 5.69 Å². The van der Waals surface area contributed by atoms with Crippen LogP contribution in [0.4, 0.5) is 0 Å². The summed E-state index contributed by atoms with van der Waals surface area (Å²) in [7, 11) is 0. The largest absolute Gasteiger partial charge is 0.393 e. The molecular weight excluding hydrogens is 268 g/mol. The number of nitrogens with zero attached hydrogens (tertiary/aromatic N) is 3. The number of para-hydroxylation sites is 1. The van der Waals surface area contributed by atoms with Crippen molar-refractivity contribution < 1.29 is 9.90 Å². The van der Waals surface area contributed by atoms with Crippen molar-refractivity contribution in [2.45, 2.75) is 25.4 Å². The fourth-order valence-corrected chi connectivity index (χ4v) is 2.61. The monoisotopic (exact) mass is 286 g/mol. The second-order valence-electron chi connectivity index (χ2n) is 5.40. The van der Waals surface area contributed by atoms with E-state index in [9.17, 15) is 9.90 Å². The van der Waals surface area contributed by atoms with Crippen molar-refractivity contribution in [2.24, 2.45) is 5.92 Å². The molecule has 1 amide bonds. The minimum atomic E-state index is -0.224. The molecule has 0 spiro atoms. The van der Waals surface area contributed by atoms with Crippen LogP contribution >= 0.6 is 0 Å². The van der Waals surface area contributed by atoms with Gasteiger partial charge in [-0.3, -0.25) is 4.79 Å². The summed E-state index contributed by atoms with van der Waals surface area (Å²) >= 11 is 0. The van der Waals surface area contributed by atoms with Crippen LogP contribution in [0.15, 0.2) is 36.5 Å². The molecule has 21 heavy (non-hydrogen) atoms. The van der Waals surface area contributed by atoms with Gasteiger partial charge in [-0.05, 0) is 37.3 Å². The molecule has 2 aromatic rings. The third-order valence-corrected chi connectivity index (χ3v) is 3.78.